The monoisotopic (exact) mass is 260 g/mol. The Morgan fingerprint density at radius 2 is 2.26 bits per heavy atom. The van der Waals surface area contributed by atoms with Crippen molar-refractivity contribution in [1.29, 1.82) is 0 Å². The van der Waals surface area contributed by atoms with Crippen molar-refractivity contribution in [3.05, 3.63) is 36.0 Å². The Hall–Kier alpha value is -2.17. The zero-order valence-electron chi connectivity index (χ0n) is 10.2. The molecule has 1 N–H and O–H groups in total. The van der Waals surface area contributed by atoms with Gasteiger partial charge in [-0.3, -0.25) is 4.98 Å². The smallest absolute Gasteiger partial charge is 0.336 e. The van der Waals surface area contributed by atoms with Crippen LogP contribution in [0.3, 0.4) is 0 Å². The first-order valence-corrected chi connectivity index (χ1v) is 6.16. The maximum Gasteiger partial charge on any atom is 0.336 e. The first-order chi connectivity index (χ1) is 9.15. The number of nitrogens with zero attached hydrogens (tertiary/aromatic N) is 2. The topological polar surface area (TPSA) is 53.4 Å². The van der Waals surface area contributed by atoms with Crippen molar-refractivity contribution < 1.29 is 14.3 Å². The number of pyridine rings is 1. The summed E-state index contributed by atoms with van der Waals surface area (Å²) in [6.07, 6.45) is 1.21. The summed E-state index contributed by atoms with van der Waals surface area (Å²) < 4.78 is 13.2. The lowest BCUT2D eigenvalue weighted by atomic mass is 10.1. The summed E-state index contributed by atoms with van der Waals surface area (Å²) in [6, 6.07) is 6.90. The molecule has 1 aromatic carbocycles. The van der Waals surface area contributed by atoms with Crippen LogP contribution in [0.25, 0.3) is 10.9 Å². The van der Waals surface area contributed by atoms with Crippen molar-refractivity contribution in [2.45, 2.75) is 12.6 Å². The summed E-state index contributed by atoms with van der Waals surface area (Å²) in [7, 11) is 0. The quantitative estimate of drug-likeness (QED) is 0.901. The molecule has 2 heterocycles. The molecule has 19 heavy (non-hydrogen) atoms. The summed E-state index contributed by atoms with van der Waals surface area (Å²) in [5.41, 5.74) is 1.71. The molecule has 0 bridgehead atoms. The molecule has 1 unspecified atom stereocenters. The second-order valence-corrected chi connectivity index (χ2v) is 4.70. The Bertz CT molecular complexity index is 644. The maximum absolute atomic E-state index is 13.2. The zero-order valence-corrected chi connectivity index (χ0v) is 10.2. The normalized spacial score (nSPS) is 19.0. The van der Waals surface area contributed by atoms with E-state index in [0.717, 1.165) is 5.69 Å². The molecule has 1 atom stereocenters. The molecule has 4 nitrogen and oxygen atoms in total. The molecule has 0 spiro atoms. The van der Waals surface area contributed by atoms with Gasteiger partial charge >= 0.3 is 5.97 Å². The third kappa shape index (κ3) is 2.12. The van der Waals surface area contributed by atoms with Crippen LogP contribution in [-0.4, -0.2) is 35.3 Å². The summed E-state index contributed by atoms with van der Waals surface area (Å²) in [4.78, 5) is 17.3. The van der Waals surface area contributed by atoms with Crippen molar-refractivity contribution in [3.8, 4) is 0 Å². The molecule has 0 amide bonds. The van der Waals surface area contributed by atoms with E-state index in [2.05, 4.69) is 4.98 Å². The average molecular weight is 260 g/mol. The van der Waals surface area contributed by atoms with Crippen LogP contribution in [0.4, 0.5) is 10.1 Å². The number of hydrogen-bond acceptors (Lipinski definition) is 3. The SMILES string of the molecule is O=C(O)c1ccnc2ccc(N3CCC(F)C3)cc12. The van der Waals surface area contributed by atoms with Gasteiger partial charge in [-0.2, -0.15) is 0 Å². The molecular formula is C14H13FN2O2. The predicted octanol–water partition coefficient (Wildman–Crippen LogP) is 2.48. The second kappa shape index (κ2) is 4.50. The van der Waals surface area contributed by atoms with E-state index in [1.165, 1.54) is 12.3 Å². The maximum atomic E-state index is 13.2. The van der Waals surface area contributed by atoms with Crippen molar-refractivity contribution >= 4 is 22.6 Å². The first kappa shape index (κ1) is 11.9. The standard InChI is InChI=1S/C14H13FN2O2/c15-9-4-6-17(8-9)10-1-2-13-12(7-10)11(14(18)19)3-5-16-13/h1-3,5,7,9H,4,6,8H2,(H,18,19). The van der Waals surface area contributed by atoms with Crippen molar-refractivity contribution in [2.24, 2.45) is 0 Å². The van der Waals surface area contributed by atoms with Crippen LogP contribution in [0.5, 0.6) is 0 Å². The number of halogens is 1. The lowest BCUT2D eigenvalue weighted by Gasteiger charge is -2.18. The lowest BCUT2D eigenvalue weighted by molar-refractivity contribution is 0.0699. The van der Waals surface area contributed by atoms with E-state index in [-0.39, 0.29) is 5.56 Å². The minimum atomic E-state index is -0.977. The molecule has 3 rings (SSSR count). The van der Waals surface area contributed by atoms with Gasteiger partial charge in [-0.15, -0.1) is 0 Å². The molecule has 2 aromatic rings. The van der Waals surface area contributed by atoms with Gasteiger partial charge in [-0.1, -0.05) is 0 Å². The number of aromatic carboxylic acids is 1. The fraction of sp³-hybridized carbons (Fsp3) is 0.286. The van der Waals surface area contributed by atoms with E-state index in [1.807, 2.05) is 11.0 Å². The number of carboxylic acids is 1. The van der Waals surface area contributed by atoms with Gasteiger partial charge in [0, 0.05) is 30.4 Å². The van der Waals surface area contributed by atoms with E-state index < -0.39 is 12.1 Å². The number of carbonyl (C=O) groups is 1. The van der Waals surface area contributed by atoms with Crippen LogP contribution in [0, 0.1) is 0 Å². The molecule has 0 radical (unpaired) electrons. The fourth-order valence-corrected chi connectivity index (χ4v) is 2.47. The highest BCUT2D eigenvalue weighted by molar-refractivity contribution is 6.03. The number of hydrogen-bond donors (Lipinski definition) is 1. The summed E-state index contributed by atoms with van der Waals surface area (Å²) in [5, 5.41) is 9.77. The third-order valence-corrected chi connectivity index (χ3v) is 3.45. The molecule has 1 fully saturated rings. The molecule has 98 valence electrons. The van der Waals surface area contributed by atoms with E-state index >= 15 is 0 Å². The second-order valence-electron chi connectivity index (χ2n) is 4.70. The fourth-order valence-electron chi connectivity index (χ4n) is 2.47. The largest absolute Gasteiger partial charge is 0.478 e. The van der Waals surface area contributed by atoms with Crippen molar-refractivity contribution in [3.63, 3.8) is 0 Å². The summed E-state index contributed by atoms with van der Waals surface area (Å²) in [6.45, 7) is 1.03. The number of carboxylic acid groups (broad SMARTS) is 1. The first-order valence-electron chi connectivity index (χ1n) is 6.16. The molecule has 1 aromatic heterocycles. The van der Waals surface area contributed by atoms with Crippen LogP contribution in [0.1, 0.15) is 16.8 Å². The number of alkyl halides is 1. The van der Waals surface area contributed by atoms with Crippen molar-refractivity contribution in [1.82, 2.24) is 4.98 Å². The minimum absolute atomic E-state index is 0.225. The summed E-state index contributed by atoms with van der Waals surface area (Å²) in [5.74, 6) is -0.977. The average Bonchev–Trinajstić information content (AvgIpc) is 2.84. The van der Waals surface area contributed by atoms with Gasteiger partial charge in [-0.05, 0) is 30.7 Å². The molecule has 1 saturated heterocycles. The Balaban J connectivity index is 2.09. The Labute approximate surface area is 109 Å². The Morgan fingerprint density at radius 1 is 1.42 bits per heavy atom. The molecular weight excluding hydrogens is 247 g/mol. The number of benzene rings is 1. The van der Waals surface area contributed by atoms with Gasteiger partial charge in [0.1, 0.15) is 6.17 Å². The lowest BCUT2D eigenvalue weighted by Crippen LogP contribution is -2.19. The minimum Gasteiger partial charge on any atom is -0.478 e. The number of rotatable bonds is 2. The third-order valence-electron chi connectivity index (χ3n) is 3.45. The van der Waals surface area contributed by atoms with Gasteiger partial charge in [0.15, 0.2) is 0 Å². The van der Waals surface area contributed by atoms with Gasteiger partial charge in [0.2, 0.25) is 0 Å². The van der Waals surface area contributed by atoms with Gasteiger partial charge in [-0.25, -0.2) is 9.18 Å². The van der Waals surface area contributed by atoms with Crippen LogP contribution in [0.15, 0.2) is 30.5 Å². The highest BCUT2D eigenvalue weighted by atomic mass is 19.1. The highest BCUT2D eigenvalue weighted by Crippen LogP contribution is 2.27. The number of aromatic nitrogens is 1. The van der Waals surface area contributed by atoms with E-state index in [9.17, 15) is 14.3 Å². The molecule has 1 aliphatic heterocycles. The van der Waals surface area contributed by atoms with Crippen molar-refractivity contribution in [2.75, 3.05) is 18.0 Å². The number of anilines is 1. The highest BCUT2D eigenvalue weighted by Gasteiger charge is 2.22. The molecule has 0 saturated carbocycles. The van der Waals surface area contributed by atoms with Gasteiger partial charge in [0.25, 0.3) is 0 Å². The van der Waals surface area contributed by atoms with E-state index in [4.69, 9.17) is 0 Å². The predicted molar refractivity (Wildman–Crippen MR) is 70.4 cm³/mol. The van der Waals surface area contributed by atoms with Gasteiger partial charge < -0.3 is 10.0 Å². The summed E-state index contributed by atoms with van der Waals surface area (Å²) >= 11 is 0. The molecule has 0 aliphatic carbocycles. The van der Waals surface area contributed by atoms with Crippen LogP contribution < -0.4 is 4.90 Å². The zero-order chi connectivity index (χ0) is 13.4. The van der Waals surface area contributed by atoms with Crippen LogP contribution in [0.2, 0.25) is 0 Å². The number of fused-ring (bicyclic) bond motifs is 1. The van der Waals surface area contributed by atoms with Crippen LogP contribution >= 0.6 is 0 Å². The molecule has 1 aliphatic rings. The van der Waals surface area contributed by atoms with E-state index in [0.29, 0.717) is 30.4 Å². The Morgan fingerprint density at radius 3 is 2.95 bits per heavy atom. The molecule has 5 heteroatoms. The van der Waals surface area contributed by atoms with Crippen LogP contribution in [-0.2, 0) is 0 Å². The van der Waals surface area contributed by atoms with Gasteiger partial charge in [0.05, 0.1) is 11.1 Å². The Kier molecular flexibility index (Phi) is 2.81. The van der Waals surface area contributed by atoms with E-state index in [1.54, 1.807) is 12.1 Å².